The quantitative estimate of drug-likeness (QED) is 0.787. The van der Waals surface area contributed by atoms with E-state index in [9.17, 15) is 19.6 Å². The van der Waals surface area contributed by atoms with Crippen LogP contribution in [0.25, 0.3) is 0 Å². The van der Waals surface area contributed by atoms with Crippen molar-refractivity contribution < 1.29 is 19.1 Å². The fourth-order valence-corrected chi connectivity index (χ4v) is 2.97. The summed E-state index contributed by atoms with van der Waals surface area (Å²) in [5, 5.41) is 14.8. The van der Waals surface area contributed by atoms with Crippen LogP contribution in [-0.4, -0.2) is 29.4 Å². The van der Waals surface area contributed by atoms with Gasteiger partial charge >= 0.3 is 5.97 Å². The predicted octanol–water partition coefficient (Wildman–Crippen LogP) is 2.53. The molecule has 0 radical (unpaired) electrons. The maximum Gasteiger partial charge on any atom is 0.338 e. The van der Waals surface area contributed by atoms with E-state index in [1.807, 2.05) is 0 Å². The molecule has 1 atom stereocenters. The molecule has 0 saturated heterocycles. The summed E-state index contributed by atoms with van der Waals surface area (Å²) in [4.78, 5) is 35.7. The van der Waals surface area contributed by atoms with E-state index in [0.29, 0.717) is 18.5 Å². The van der Waals surface area contributed by atoms with Crippen LogP contribution in [0.1, 0.15) is 56.3 Å². The maximum absolute atomic E-state index is 12.4. The van der Waals surface area contributed by atoms with Gasteiger partial charge in [-0.05, 0) is 38.0 Å². The van der Waals surface area contributed by atoms with Gasteiger partial charge < -0.3 is 15.4 Å². The van der Waals surface area contributed by atoms with Crippen LogP contribution in [0.4, 0.5) is 5.69 Å². The molecule has 2 N–H and O–H groups in total. The van der Waals surface area contributed by atoms with E-state index in [-0.39, 0.29) is 11.5 Å². The lowest BCUT2D eigenvalue weighted by molar-refractivity contribution is -0.130. The predicted molar refractivity (Wildman–Crippen MR) is 95.2 cm³/mol. The molecule has 1 saturated carbocycles. The number of rotatable bonds is 5. The first-order chi connectivity index (χ1) is 12.3. The molecule has 1 aromatic rings. The number of carbonyl (C=O) groups excluding carboxylic acids is 3. The fourth-order valence-electron chi connectivity index (χ4n) is 2.97. The standard InChI is InChI=1S/C19H23N3O4/c1-13(17(24)22-19(12-20)9-4-3-5-10-19)26-18(25)15-7-6-8-16(11-15)21-14(2)23/h6-8,11,13H,3-5,9-10H2,1-2H3,(H,21,23)(H,22,24). The topological polar surface area (TPSA) is 108 Å². The van der Waals surface area contributed by atoms with Gasteiger partial charge in [-0.15, -0.1) is 0 Å². The van der Waals surface area contributed by atoms with Crippen molar-refractivity contribution in [1.82, 2.24) is 5.32 Å². The van der Waals surface area contributed by atoms with Crippen LogP contribution in [0.15, 0.2) is 24.3 Å². The molecule has 0 aliphatic heterocycles. The average Bonchev–Trinajstić information content (AvgIpc) is 2.62. The summed E-state index contributed by atoms with van der Waals surface area (Å²) in [5.41, 5.74) is -0.181. The van der Waals surface area contributed by atoms with Gasteiger partial charge in [-0.3, -0.25) is 9.59 Å². The van der Waals surface area contributed by atoms with E-state index >= 15 is 0 Å². The Morgan fingerprint density at radius 3 is 2.54 bits per heavy atom. The molecule has 0 heterocycles. The minimum Gasteiger partial charge on any atom is -0.449 e. The van der Waals surface area contributed by atoms with Crippen molar-refractivity contribution in [3.63, 3.8) is 0 Å². The largest absolute Gasteiger partial charge is 0.449 e. The van der Waals surface area contributed by atoms with Crippen molar-refractivity contribution >= 4 is 23.5 Å². The summed E-state index contributed by atoms with van der Waals surface area (Å²) in [6, 6.07) is 8.47. The van der Waals surface area contributed by atoms with E-state index in [0.717, 1.165) is 19.3 Å². The fraction of sp³-hybridized carbons (Fsp3) is 0.474. The highest BCUT2D eigenvalue weighted by atomic mass is 16.5. The molecule has 7 nitrogen and oxygen atoms in total. The van der Waals surface area contributed by atoms with E-state index in [1.54, 1.807) is 12.1 Å². The minimum atomic E-state index is -1.03. The first-order valence-corrected chi connectivity index (χ1v) is 8.67. The van der Waals surface area contributed by atoms with Crippen LogP contribution in [0, 0.1) is 11.3 Å². The minimum absolute atomic E-state index is 0.226. The highest BCUT2D eigenvalue weighted by Crippen LogP contribution is 2.27. The van der Waals surface area contributed by atoms with Crippen LogP contribution in [0.5, 0.6) is 0 Å². The number of hydrogen-bond donors (Lipinski definition) is 2. The Morgan fingerprint density at radius 1 is 1.23 bits per heavy atom. The average molecular weight is 357 g/mol. The van der Waals surface area contributed by atoms with Gasteiger partial charge in [-0.1, -0.05) is 25.3 Å². The lowest BCUT2D eigenvalue weighted by atomic mass is 9.83. The van der Waals surface area contributed by atoms with Crippen molar-refractivity contribution in [2.45, 2.75) is 57.6 Å². The third-order valence-corrected chi connectivity index (χ3v) is 4.36. The van der Waals surface area contributed by atoms with E-state index in [2.05, 4.69) is 16.7 Å². The molecule has 0 spiro atoms. The molecule has 1 unspecified atom stereocenters. The van der Waals surface area contributed by atoms with Crippen molar-refractivity contribution in [3.05, 3.63) is 29.8 Å². The Kier molecular flexibility index (Phi) is 6.34. The molecular weight excluding hydrogens is 334 g/mol. The summed E-state index contributed by atoms with van der Waals surface area (Å²) in [7, 11) is 0. The molecule has 0 aromatic heterocycles. The number of benzene rings is 1. The first-order valence-electron chi connectivity index (χ1n) is 8.67. The lowest BCUT2D eigenvalue weighted by Crippen LogP contribution is -2.52. The van der Waals surface area contributed by atoms with Crippen LogP contribution >= 0.6 is 0 Å². The number of nitriles is 1. The van der Waals surface area contributed by atoms with E-state index in [4.69, 9.17) is 4.74 Å². The van der Waals surface area contributed by atoms with Crippen molar-refractivity contribution in [3.8, 4) is 6.07 Å². The smallest absolute Gasteiger partial charge is 0.338 e. The second-order valence-corrected chi connectivity index (χ2v) is 6.55. The number of nitrogens with one attached hydrogen (secondary N) is 2. The molecule has 138 valence electrons. The van der Waals surface area contributed by atoms with Gasteiger partial charge in [0.2, 0.25) is 5.91 Å². The molecular formula is C19H23N3O4. The monoisotopic (exact) mass is 357 g/mol. The van der Waals surface area contributed by atoms with Gasteiger partial charge in [0.15, 0.2) is 6.10 Å². The third-order valence-electron chi connectivity index (χ3n) is 4.36. The normalized spacial score (nSPS) is 16.7. The highest BCUT2D eigenvalue weighted by molar-refractivity contribution is 5.95. The Labute approximate surface area is 152 Å². The number of carbonyl (C=O) groups is 3. The van der Waals surface area contributed by atoms with Crippen LogP contribution < -0.4 is 10.6 Å². The van der Waals surface area contributed by atoms with Crippen molar-refractivity contribution in [1.29, 1.82) is 5.26 Å². The Balaban J connectivity index is 1.99. The maximum atomic E-state index is 12.4. The summed E-state index contributed by atoms with van der Waals surface area (Å²) in [6.45, 7) is 2.84. The molecule has 2 amide bonds. The second-order valence-electron chi connectivity index (χ2n) is 6.55. The van der Waals surface area contributed by atoms with Crippen molar-refractivity contribution in [2.75, 3.05) is 5.32 Å². The molecule has 7 heteroatoms. The van der Waals surface area contributed by atoms with Gasteiger partial charge in [-0.25, -0.2) is 4.79 Å². The molecule has 1 aliphatic rings. The number of amides is 2. The second kappa shape index (κ2) is 8.48. The lowest BCUT2D eigenvalue weighted by Gasteiger charge is -2.32. The van der Waals surface area contributed by atoms with Gasteiger partial charge in [0.05, 0.1) is 11.6 Å². The summed E-state index contributed by atoms with van der Waals surface area (Å²) >= 11 is 0. The van der Waals surface area contributed by atoms with Crippen LogP contribution in [0.3, 0.4) is 0 Å². The summed E-state index contributed by atoms with van der Waals surface area (Å²) in [6.07, 6.45) is 3.01. The zero-order chi connectivity index (χ0) is 19.2. The van der Waals surface area contributed by atoms with Crippen molar-refractivity contribution in [2.24, 2.45) is 0 Å². The van der Waals surface area contributed by atoms with Gasteiger partial charge in [0.1, 0.15) is 5.54 Å². The third kappa shape index (κ3) is 5.06. The number of nitrogens with zero attached hydrogens (tertiary/aromatic N) is 1. The summed E-state index contributed by atoms with van der Waals surface area (Å²) < 4.78 is 5.22. The Bertz CT molecular complexity index is 733. The van der Waals surface area contributed by atoms with Crippen LogP contribution in [-0.2, 0) is 14.3 Å². The zero-order valence-corrected chi connectivity index (χ0v) is 15.0. The molecule has 1 aliphatic carbocycles. The Morgan fingerprint density at radius 2 is 1.92 bits per heavy atom. The van der Waals surface area contributed by atoms with Gasteiger partial charge in [-0.2, -0.15) is 5.26 Å². The van der Waals surface area contributed by atoms with E-state index < -0.39 is 23.5 Å². The molecule has 26 heavy (non-hydrogen) atoms. The number of anilines is 1. The number of hydrogen-bond acceptors (Lipinski definition) is 5. The Hall–Kier alpha value is -2.88. The number of ether oxygens (including phenoxy) is 1. The zero-order valence-electron chi connectivity index (χ0n) is 15.0. The summed E-state index contributed by atoms with van der Waals surface area (Å²) in [5.74, 6) is -1.41. The van der Waals surface area contributed by atoms with E-state index in [1.165, 1.54) is 26.0 Å². The molecule has 1 fully saturated rings. The van der Waals surface area contributed by atoms with Gasteiger partial charge in [0, 0.05) is 12.6 Å². The van der Waals surface area contributed by atoms with Gasteiger partial charge in [0.25, 0.3) is 5.91 Å². The molecule has 0 bridgehead atoms. The number of esters is 1. The van der Waals surface area contributed by atoms with Crippen LogP contribution in [0.2, 0.25) is 0 Å². The molecule has 2 rings (SSSR count). The molecule has 1 aromatic carbocycles. The SMILES string of the molecule is CC(=O)Nc1cccc(C(=O)OC(C)C(=O)NC2(C#N)CCCCC2)c1. The highest BCUT2D eigenvalue weighted by Gasteiger charge is 2.35. The first kappa shape index (κ1) is 19.4.